The normalized spacial score (nSPS) is 17.2. The van der Waals surface area contributed by atoms with Crippen LogP contribution in [0.15, 0.2) is 48.5 Å². The van der Waals surface area contributed by atoms with Gasteiger partial charge in [-0.3, -0.25) is 4.79 Å². The Morgan fingerprint density at radius 3 is 2.19 bits per heavy atom. The van der Waals surface area contributed by atoms with E-state index in [9.17, 15) is 4.79 Å². The first-order chi connectivity index (χ1) is 12.5. The predicted molar refractivity (Wildman–Crippen MR) is 103 cm³/mol. The van der Waals surface area contributed by atoms with Crippen LogP contribution in [-0.2, 0) is 4.79 Å². The molecule has 0 bridgehead atoms. The number of benzene rings is 2. The monoisotopic (exact) mass is 353 g/mol. The van der Waals surface area contributed by atoms with Gasteiger partial charge in [-0.2, -0.15) is 0 Å². The second-order valence-electron chi connectivity index (χ2n) is 7.42. The zero-order valence-corrected chi connectivity index (χ0v) is 15.9. The Labute approximate surface area is 155 Å². The average molecular weight is 353 g/mol. The number of hydrogen-bond acceptors (Lipinski definition) is 3. The number of fused-ring (bicyclic) bond motifs is 1. The molecule has 0 fully saturated rings. The van der Waals surface area contributed by atoms with Crippen molar-refractivity contribution < 1.29 is 14.3 Å². The standard InChI is InChI=1S/C22H27NO3/c1-14(2)16-9-11-17(12-10-16)21(15(3)4)23-22(24)20-13-25-18-7-5-6-8-19(18)26-20/h5-12,14-15,20-21H,13H2,1-4H3,(H,23,24)/t20-,21+/m0/s1. The van der Waals surface area contributed by atoms with Gasteiger partial charge in [-0.1, -0.05) is 64.1 Å². The topological polar surface area (TPSA) is 47.6 Å². The van der Waals surface area contributed by atoms with Crippen molar-refractivity contribution >= 4 is 5.91 Å². The molecule has 4 nitrogen and oxygen atoms in total. The van der Waals surface area contributed by atoms with Crippen LogP contribution < -0.4 is 14.8 Å². The first-order valence-corrected chi connectivity index (χ1v) is 9.24. The maximum atomic E-state index is 12.8. The summed E-state index contributed by atoms with van der Waals surface area (Å²) in [7, 11) is 0. The molecule has 1 aliphatic heterocycles. The van der Waals surface area contributed by atoms with Crippen LogP contribution in [0.4, 0.5) is 0 Å². The molecular weight excluding hydrogens is 326 g/mol. The minimum Gasteiger partial charge on any atom is -0.485 e. The lowest BCUT2D eigenvalue weighted by Gasteiger charge is -2.29. The second kappa shape index (κ2) is 7.81. The summed E-state index contributed by atoms with van der Waals surface area (Å²) in [5, 5.41) is 3.14. The van der Waals surface area contributed by atoms with Gasteiger partial charge in [-0.05, 0) is 35.1 Å². The summed E-state index contributed by atoms with van der Waals surface area (Å²) in [5.41, 5.74) is 2.40. The van der Waals surface area contributed by atoms with Crippen LogP contribution in [0.25, 0.3) is 0 Å². The molecule has 0 aliphatic carbocycles. The van der Waals surface area contributed by atoms with E-state index in [1.54, 1.807) is 0 Å². The van der Waals surface area contributed by atoms with Crippen LogP contribution >= 0.6 is 0 Å². The van der Waals surface area contributed by atoms with Crippen LogP contribution in [0.2, 0.25) is 0 Å². The number of nitrogens with one attached hydrogen (secondary N) is 1. The molecule has 0 radical (unpaired) electrons. The molecule has 1 amide bonds. The molecule has 0 aromatic heterocycles. The number of rotatable bonds is 5. The molecule has 26 heavy (non-hydrogen) atoms. The van der Waals surface area contributed by atoms with Crippen molar-refractivity contribution in [1.29, 1.82) is 0 Å². The van der Waals surface area contributed by atoms with Crippen LogP contribution in [0.3, 0.4) is 0 Å². The third kappa shape index (κ3) is 4.01. The minimum atomic E-state index is -0.638. The van der Waals surface area contributed by atoms with Crippen LogP contribution in [0, 0.1) is 5.92 Å². The molecule has 0 spiro atoms. The number of carbonyl (C=O) groups excluding carboxylic acids is 1. The quantitative estimate of drug-likeness (QED) is 0.863. The van der Waals surface area contributed by atoms with Gasteiger partial charge < -0.3 is 14.8 Å². The first-order valence-electron chi connectivity index (χ1n) is 9.24. The maximum absolute atomic E-state index is 12.8. The van der Waals surface area contributed by atoms with Gasteiger partial charge >= 0.3 is 0 Å². The second-order valence-corrected chi connectivity index (χ2v) is 7.42. The fourth-order valence-corrected chi connectivity index (χ4v) is 3.12. The fourth-order valence-electron chi connectivity index (χ4n) is 3.12. The van der Waals surface area contributed by atoms with E-state index in [0.717, 1.165) is 5.56 Å². The summed E-state index contributed by atoms with van der Waals surface area (Å²) in [6, 6.07) is 15.8. The Morgan fingerprint density at radius 1 is 0.962 bits per heavy atom. The zero-order chi connectivity index (χ0) is 18.7. The van der Waals surface area contributed by atoms with Gasteiger partial charge in [0.2, 0.25) is 6.10 Å². The summed E-state index contributed by atoms with van der Waals surface area (Å²) in [6.07, 6.45) is -0.638. The zero-order valence-electron chi connectivity index (χ0n) is 15.9. The van der Waals surface area contributed by atoms with Crippen molar-refractivity contribution in [2.45, 2.75) is 45.8 Å². The lowest BCUT2D eigenvalue weighted by molar-refractivity contribution is -0.131. The van der Waals surface area contributed by atoms with E-state index in [1.807, 2.05) is 24.3 Å². The van der Waals surface area contributed by atoms with Gasteiger partial charge in [0.1, 0.15) is 6.61 Å². The van der Waals surface area contributed by atoms with Gasteiger partial charge in [0.25, 0.3) is 5.91 Å². The van der Waals surface area contributed by atoms with E-state index in [-0.39, 0.29) is 24.5 Å². The lowest BCUT2D eigenvalue weighted by Crippen LogP contribution is -2.46. The number of ether oxygens (including phenoxy) is 2. The van der Waals surface area contributed by atoms with Crippen molar-refractivity contribution in [1.82, 2.24) is 5.32 Å². The summed E-state index contributed by atoms with van der Waals surface area (Å²) in [6.45, 7) is 8.79. The van der Waals surface area contributed by atoms with Crippen LogP contribution in [0.1, 0.15) is 50.8 Å². The molecule has 1 heterocycles. The molecule has 0 saturated carbocycles. The predicted octanol–water partition coefficient (Wildman–Crippen LogP) is 4.46. The Bertz CT molecular complexity index is 752. The van der Waals surface area contributed by atoms with Gasteiger partial charge in [0, 0.05) is 0 Å². The molecule has 138 valence electrons. The minimum absolute atomic E-state index is 0.0653. The van der Waals surface area contributed by atoms with E-state index in [1.165, 1.54) is 5.56 Å². The Morgan fingerprint density at radius 2 is 1.58 bits per heavy atom. The molecule has 2 aromatic carbocycles. The highest BCUT2D eigenvalue weighted by Gasteiger charge is 2.30. The summed E-state index contributed by atoms with van der Waals surface area (Å²) in [5.74, 6) is 1.90. The largest absolute Gasteiger partial charge is 0.485 e. The fraction of sp³-hybridized carbons (Fsp3) is 0.409. The van der Waals surface area contributed by atoms with Crippen molar-refractivity contribution in [3.8, 4) is 11.5 Å². The van der Waals surface area contributed by atoms with Crippen molar-refractivity contribution in [2.75, 3.05) is 6.61 Å². The lowest BCUT2D eigenvalue weighted by atomic mass is 9.93. The van der Waals surface area contributed by atoms with E-state index >= 15 is 0 Å². The van der Waals surface area contributed by atoms with Crippen molar-refractivity contribution in [3.05, 3.63) is 59.7 Å². The molecule has 2 aromatic rings. The van der Waals surface area contributed by atoms with E-state index in [4.69, 9.17) is 9.47 Å². The number of carbonyl (C=O) groups is 1. The van der Waals surface area contributed by atoms with Crippen LogP contribution in [0.5, 0.6) is 11.5 Å². The van der Waals surface area contributed by atoms with Crippen molar-refractivity contribution in [2.24, 2.45) is 5.92 Å². The van der Waals surface area contributed by atoms with Gasteiger partial charge in [0.15, 0.2) is 11.5 Å². The summed E-state index contributed by atoms with van der Waals surface area (Å²) in [4.78, 5) is 12.8. The highest BCUT2D eigenvalue weighted by atomic mass is 16.6. The molecule has 1 N–H and O–H groups in total. The molecule has 0 saturated heterocycles. The average Bonchev–Trinajstić information content (AvgIpc) is 2.65. The van der Waals surface area contributed by atoms with E-state index in [2.05, 4.69) is 57.3 Å². The first kappa shape index (κ1) is 18.3. The SMILES string of the molecule is CC(C)c1ccc([C@H](NC(=O)[C@@H]2COc3ccccc3O2)C(C)C)cc1. The van der Waals surface area contributed by atoms with Crippen LogP contribution in [-0.4, -0.2) is 18.6 Å². The third-order valence-electron chi connectivity index (χ3n) is 4.73. The Kier molecular flexibility index (Phi) is 5.50. The van der Waals surface area contributed by atoms with Gasteiger partial charge in [-0.25, -0.2) is 0 Å². The van der Waals surface area contributed by atoms with Crippen molar-refractivity contribution in [3.63, 3.8) is 0 Å². The van der Waals surface area contributed by atoms with E-state index in [0.29, 0.717) is 17.4 Å². The molecule has 4 heteroatoms. The highest BCUT2D eigenvalue weighted by molar-refractivity contribution is 5.82. The molecular formula is C22H27NO3. The molecule has 3 rings (SSSR count). The summed E-state index contributed by atoms with van der Waals surface area (Å²) < 4.78 is 11.5. The number of para-hydroxylation sites is 2. The smallest absolute Gasteiger partial charge is 0.265 e. The van der Waals surface area contributed by atoms with E-state index < -0.39 is 6.10 Å². The van der Waals surface area contributed by atoms with Gasteiger partial charge in [-0.15, -0.1) is 0 Å². The Balaban J connectivity index is 1.71. The molecule has 1 aliphatic rings. The molecule has 0 unspecified atom stereocenters. The number of hydrogen-bond donors (Lipinski definition) is 1. The Hall–Kier alpha value is -2.49. The van der Waals surface area contributed by atoms with Gasteiger partial charge in [0.05, 0.1) is 6.04 Å². The summed E-state index contributed by atoms with van der Waals surface area (Å²) >= 11 is 0. The molecule has 2 atom stereocenters. The maximum Gasteiger partial charge on any atom is 0.265 e. The highest BCUT2D eigenvalue weighted by Crippen LogP contribution is 2.31. The third-order valence-corrected chi connectivity index (χ3v) is 4.73. The number of amides is 1.